The predicted molar refractivity (Wildman–Crippen MR) is 117 cm³/mol. The molecule has 0 unspecified atom stereocenters. The van der Waals surface area contributed by atoms with Gasteiger partial charge in [-0.05, 0) is 38.5 Å². The second-order valence-electron chi connectivity index (χ2n) is 7.29. The van der Waals surface area contributed by atoms with Crippen LogP contribution in [-0.2, 0) is 17.9 Å². The summed E-state index contributed by atoms with van der Waals surface area (Å²) in [4.78, 5) is 23.0. The van der Waals surface area contributed by atoms with E-state index in [4.69, 9.17) is 9.47 Å². The lowest BCUT2D eigenvalue weighted by atomic mass is 10.2. The molecule has 1 amide bonds. The predicted octanol–water partition coefficient (Wildman–Crippen LogP) is 3.01. The average molecular weight is 442 g/mol. The number of benzene rings is 1. The van der Waals surface area contributed by atoms with E-state index in [0.29, 0.717) is 35.1 Å². The van der Waals surface area contributed by atoms with Gasteiger partial charge in [-0.3, -0.25) is 24.3 Å². The number of rotatable bonds is 9. The molecule has 11 nitrogen and oxygen atoms in total. The minimum atomic E-state index is -0.488. The van der Waals surface area contributed by atoms with Crippen molar-refractivity contribution in [2.45, 2.75) is 40.3 Å². The summed E-state index contributed by atoms with van der Waals surface area (Å²) >= 11 is 0. The number of amides is 1. The third-order valence-corrected chi connectivity index (χ3v) is 5.25. The third kappa shape index (κ3) is 4.71. The van der Waals surface area contributed by atoms with E-state index >= 15 is 0 Å². The Morgan fingerprint density at radius 2 is 1.84 bits per heavy atom. The number of anilines is 1. The van der Waals surface area contributed by atoms with Gasteiger partial charge in [0.15, 0.2) is 11.5 Å². The van der Waals surface area contributed by atoms with E-state index in [1.807, 2.05) is 36.7 Å². The Morgan fingerprint density at radius 3 is 2.47 bits per heavy atom. The number of carbonyl (C=O) groups is 1. The molecule has 32 heavy (non-hydrogen) atoms. The first-order valence-corrected chi connectivity index (χ1v) is 9.96. The fraction of sp³-hybridized carbons (Fsp3) is 0.381. The summed E-state index contributed by atoms with van der Waals surface area (Å²) in [7, 11) is 3.17. The van der Waals surface area contributed by atoms with Crippen molar-refractivity contribution in [1.82, 2.24) is 19.6 Å². The molecule has 0 spiro atoms. The van der Waals surface area contributed by atoms with Gasteiger partial charge >= 0.3 is 5.69 Å². The Labute approximate surface area is 185 Å². The second-order valence-corrected chi connectivity index (χ2v) is 7.29. The molecule has 1 aromatic carbocycles. The van der Waals surface area contributed by atoms with Crippen molar-refractivity contribution in [3.05, 3.63) is 57.2 Å². The smallest absolute Gasteiger partial charge is 0.309 e. The quantitative estimate of drug-likeness (QED) is 0.399. The van der Waals surface area contributed by atoms with Gasteiger partial charge < -0.3 is 14.8 Å². The van der Waals surface area contributed by atoms with Crippen molar-refractivity contribution in [3.63, 3.8) is 0 Å². The van der Waals surface area contributed by atoms with E-state index in [1.165, 1.54) is 10.9 Å². The Morgan fingerprint density at radius 1 is 1.12 bits per heavy atom. The van der Waals surface area contributed by atoms with Crippen molar-refractivity contribution >= 4 is 17.3 Å². The maximum Gasteiger partial charge on any atom is 0.309 e. The normalized spacial score (nSPS) is 10.8. The average Bonchev–Trinajstić information content (AvgIpc) is 3.26. The minimum absolute atomic E-state index is 0.0615. The summed E-state index contributed by atoms with van der Waals surface area (Å²) in [6, 6.07) is 5.66. The molecule has 0 bridgehead atoms. The lowest BCUT2D eigenvalue weighted by molar-refractivity contribution is -0.385. The maximum atomic E-state index is 12.5. The fourth-order valence-corrected chi connectivity index (χ4v) is 3.43. The number of nitro groups is 1. The summed E-state index contributed by atoms with van der Waals surface area (Å²) in [5.41, 5.74) is 3.49. The summed E-state index contributed by atoms with van der Waals surface area (Å²) < 4.78 is 13.9. The number of ether oxygens (including phenoxy) is 2. The van der Waals surface area contributed by atoms with Crippen LogP contribution >= 0.6 is 0 Å². The number of aryl methyl sites for hydroxylation is 2. The first-order chi connectivity index (χ1) is 15.2. The number of nitrogens with one attached hydrogen (secondary N) is 1. The Hall–Kier alpha value is -3.89. The maximum absolute atomic E-state index is 12.5. The van der Waals surface area contributed by atoms with Crippen molar-refractivity contribution in [3.8, 4) is 11.5 Å². The molecule has 0 saturated heterocycles. The molecule has 3 rings (SSSR count). The van der Waals surface area contributed by atoms with Crippen molar-refractivity contribution in [1.29, 1.82) is 0 Å². The van der Waals surface area contributed by atoms with Gasteiger partial charge in [0.1, 0.15) is 11.9 Å². The molecule has 0 aliphatic carbocycles. The SMILES string of the molecule is COc1ccc(Cn2nc(C)c(NC(=O)CCn3ncc([N+](=O)[O-])c3C)c2C)cc1OC. The molecule has 3 aromatic rings. The topological polar surface area (TPSA) is 126 Å². The molecule has 0 aliphatic heterocycles. The van der Waals surface area contributed by atoms with Crippen LogP contribution in [0.2, 0.25) is 0 Å². The molecule has 0 atom stereocenters. The molecule has 0 aliphatic rings. The summed E-state index contributed by atoms with van der Waals surface area (Å²) in [6.45, 7) is 6.06. The summed E-state index contributed by atoms with van der Waals surface area (Å²) in [5.74, 6) is 1.06. The van der Waals surface area contributed by atoms with Crippen molar-refractivity contribution in [2.75, 3.05) is 19.5 Å². The van der Waals surface area contributed by atoms with Crippen molar-refractivity contribution < 1.29 is 19.2 Å². The first-order valence-electron chi connectivity index (χ1n) is 9.96. The number of hydrogen-bond acceptors (Lipinski definition) is 7. The number of carbonyl (C=O) groups excluding carboxylic acids is 1. The zero-order valence-electron chi connectivity index (χ0n) is 18.7. The lowest BCUT2D eigenvalue weighted by Crippen LogP contribution is -2.16. The molecule has 1 N–H and O–H groups in total. The van der Waals surface area contributed by atoms with E-state index in [1.54, 1.807) is 21.1 Å². The number of hydrogen-bond donors (Lipinski definition) is 1. The summed E-state index contributed by atoms with van der Waals surface area (Å²) in [5, 5.41) is 22.4. The number of methoxy groups -OCH3 is 2. The van der Waals surface area contributed by atoms with Crippen LogP contribution in [0.4, 0.5) is 11.4 Å². The molecule has 2 heterocycles. The highest BCUT2D eigenvalue weighted by atomic mass is 16.6. The van der Waals surface area contributed by atoms with Crippen LogP contribution < -0.4 is 14.8 Å². The Kier molecular flexibility index (Phi) is 6.76. The van der Waals surface area contributed by atoms with Gasteiger partial charge in [-0.1, -0.05) is 6.07 Å². The summed E-state index contributed by atoms with van der Waals surface area (Å²) in [6.07, 6.45) is 1.32. The monoisotopic (exact) mass is 442 g/mol. The Balaban J connectivity index is 1.68. The highest BCUT2D eigenvalue weighted by Crippen LogP contribution is 2.28. The van der Waals surface area contributed by atoms with Crippen LogP contribution in [0.5, 0.6) is 11.5 Å². The van der Waals surface area contributed by atoms with Crippen LogP contribution in [0.3, 0.4) is 0 Å². The van der Waals surface area contributed by atoms with Crippen LogP contribution in [-0.4, -0.2) is 44.6 Å². The molecule has 0 fully saturated rings. The van der Waals surface area contributed by atoms with E-state index in [2.05, 4.69) is 15.5 Å². The van der Waals surface area contributed by atoms with Gasteiger partial charge in [0.05, 0.1) is 49.3 Å². The zero-order chi connectivity index (χ0) is 23.4. The van der Waals surface area contributed by atoms with Crippen LogP contribution in [0, 0.1) is 30.9 Å². The van der Waals surface area contributed by atoms with Gasteiger partial charge in [0, 0.05) is 6.42 Å². The first kappa shape index (κ1) is 22.8. The second kappa shape index (κ2) is 9.50. The standard InChI is InChI=1S/C21H26N6O5/c1-13-21(23-20(28)8-9-25-14(2)17(11-22-25)27(29)30)15(3)26(24-13)12-16-6-7-18(31-4)19(10-16)32-5/h6-7,10-11H,8-9,12H2,1-5H3,(H,23,28). The zero-order valence-corrected chi connectivity index (χ0v) is 18.7. The van der Waals surface area contributed by atoms with E-state index in [9.17, 15) is 14.9 Å². The van der Waals surface area contributed by atoms with Crippen LogP contribution in [0.25, 0.3) is 0 Å². The fourth-order valence-electron chi connectivity index (χ4n) is 3.43. The molecule has 170 valence electrons. The third-order valence-electron chi connectivity index (χ3n) is 5.25. The Bertz CT molecular complexity index is 1150. The number of aromatic nitrogens is 4. The highest BCUT2D eigenvalue weighted by Gasteiger charge is 2.18. The molecular weight excluding hydrogens is 416 g/mol. The number of nitrogens with zero attached hydrogens (tertiary/aromatic N) is 5. The van der Waals surface area contributed by atoms with Gasteiger partial charge in [-0.15, -0.1) is 0 Å². The lowest BCUT2D eigenvalue weighted by Gasteiger charge is -2.11. The highest BCUT2D eigenvalue weighted by molar-refractivity contribution is 5.91. The van der Waals surface area contributed by atoms with Gasteiger partial charge in [0.2, 0.25) is 5.91 Å². The molecule has 0 radical (unpaired) electrons. The van der Waals surface area contributed by atoms with Crippen LogP contribution in [0.1, 0.15) is 29.1 Å². The largest absolute Gasteiger partial charge is 0.493 e. The molecule has 11 heteroatoms. The van der Waals surface area contributed by atoms with E-state index in [0.717, 1.165) is 11.3 Å². The van der Waals surface area contributed by atoms with Gasteiger partial charge in [0.25, 0.3) is 0 Å². The van der Waals surface area contributed by atoms with E-state index in [-0.39, 0.29) is 24.6 Å². The molecule has 0 saturated carbocycles. The van der Waals surface area contributed by atoms with Gasteiger partial charge in [-0.25, -0.2) is 0 Å². The molecule has 2 aromatic heterocycles. The van der Waals surface area contributed by atoms with E-state index < -0.39 is 4.92 Å². The van der Waals surface area contributed by atoms with Crippen LogP contribution in [0.15, 0.2) is 24.4 Å². The minimum Gasteiger partial charge on any atom is -0.493 e. The van der Waals surface area contributed by atoms with Crippen molar-refractivity contribution in [2.24, 2.45) is 0 Å². The van der Waals surface area contributed by atoms with Gasteiger partial charge in [-0.2, -0.15) is 10.2 Å². The molecular formula is C21H26N6O5.